The van der Waals surface area contributed by atoms with Crippen LogP contribution in [0.3, 0.4) is 0 Å². The van der Waals surface area contributed by atoms with Gasteiger partial charge in [0.05, 0.1) is 0 Å². The predicted molar refractivity (Wildman–Crippen MR) is 35.7 cm³/mol. The molecule has 0 aliphatic carbocycles. The molecule has 0 rings (SSSR count). The van der Waals surface area contributed by atoms with E-state index < -0.39 is 0 Å². The molecule has 0 atom stereocenters. The van der Waals surface area contributed by atoms with Crippen LogP contribution in [0.15, 0.2) is 12.2 Å². The molecule has 0 aromatic carbocycles. The van der Waals surface area contributed by atoms with Gasteiger partial charge in [0.15, 0.2) is 0 Å². The summed E-state index contributed by atoms with van der Waals surface area (Å²) >= 11 is 0. The lowest BCUT2D eigenvalue weighted by atomic mass is 10.3. The number of allylic oxidation sites excluding steroid dienone is 1. The maximum Gasteiger partial charge on any atom is 0.417 e. The molecule has 9 heavy (non-hydrogen) atoms. The molecule has 0 aromatic rings. The van der Waals surface area contributed by atoms with Crippen molar-refractivity contribution in [2.45, 2.75) is 19.8 Å². The number of rotatable bonds is 5. The van der Waals surface area contributed by atoms with Gasteiger partial charge in [0.25, 0.3) is 0 Å². The van der Waals surface area contributed by atoms with Gasteiger partial charge in [0.1, 0.15) is 6.61 Å². The van der Waals surface area contributed by atoms with E-state index in [4.69, 9.17) is 0 Å². The van der Waals surface area contributed by atoms with E-state index in [-0.39, 0.29) is 0 Å². The van der Waals surface area contributed by atoms with Crippen LogP contribution in [0.2, 0.25) is 0 Å². The molecule has 0 aromatic heterocycles. The summed E-state index contributed by atoms with van der Waals surface area (Å²) in [6.45, 7) is 3.79. The van der Waals surface area contributed by atoms with E-state index in [0.29, 0.717) is 6.61 Å². The first-order chi connectivity index (χ1) is 4.41. The van der Waals surface area contributed by atoms with Gasteiger partial charge in [0.2, 0.25) is 0 Å². The highest BCUT2D eigenvalue weighted by atomic mass is 16.5. The van der Waals surface area contributed by atoms with E-state index in [9.17, 15) is 4.79 Å². The van der Waals surface area contributed by atoms with Gasteiger partial charge in [-0.15, -0.1) is 0 Å². The minimum Gasteiger partial charge on any atom is -0.453 e. The lowest BCUT2D eigenvalue weighted by Gasteiger charge is -1.86. The molecule has 0 N–H and O–H groups in total. The van der Waals surface area contributed by atoms with Crippen LogP contribution in [0.25, 0.3) is 0 Å². The Kier molecular flexibility index (Phi) is 6.58. The van der Waals surface area contributed by atoms with Crippen molar-refractivity contribution in [1.29, 1.82) is 0 Å². The summed E-state index contributed by atoms with van der Waals surface area (Å²) in [6, 6.07) is 0. The SMILES string of the molecule is CCCC=CCO[C]=O. The lowest BCUT2D eigenvalue weighted by Crippen LogP contribution is -1.84. The van der Waals surface area contributed by atoms with E-state index in [1.54, 1.807) is 0 Å². The molecule has 0 aliphatic rings. The summed E-state index contributed by atoms with van der Waals surface area (Å²) in [5.41, 5.74) is 0. The fourth-order valence-corrected chi connectivity index (χ4v) is 0.435. The summed E-state index contributed by atoms with van der Waals surface area (Å²) in [5, 5.41) is 0. The van der Waals surface area contributed by atoms with Gasteiger partial charge < -0.3 is 4.74 Å². The molecule has 51 valence electrons. The van der Waals surface area contributed by atoms with Crippen LogP contribution in [-0.2, 0) is 9.53 Å². The average molecular weight is 127 g/mol. The number of ether oxygens (including phenoxy) is 1. The fourth-order valence-electron chi connectivity index (χ4n) is 0.435. The van der Waals surface area contributed by atoms with Crippen LogP contribution < -0.4 is 0 Å². The number of carbonyl (C=O) groups excluding carboxylic acids is 1. The maximum atomic E-state index is 9.46. The zero-order valence-corrected chi connectivity index (χ0v) is 5.59. The average Bonchev–Trinajstić information content (AvgIpc) is 1.89. The Labute approximate surface area is 55.5 Å². The molecule has 0 saturated carbocycles. The second kappa shape index (κ2) is 7.21. The predicted octanol–water partition coefficient (Wildman–Crippen LogP) is 1.43. The quantitative estimate of drug-likeness (QED) is 0.412. The summed E-state index contributed by atoms with van der Waals surface area (Å²) in [7, 11) is 0. The highest BCUT2D eigenvalue weighted by Crippen LogP contribution is 1.87. The largest absolute Gasteiger partial charge is 0.453 e. The van der Waals surface area contributed by atoms with Crippen molar-refractivity contribution in [3.05, 3.63) is 12.2 Å². The Balaban J connectivity index is 2.94. The van der Waals surface area contributed by atoms with Crippen molar-refractivity contribution in [2.75, 3.05) is 6.61 Å². The van der Waals surface area contributed by atoms with Crippen molar-refractivity contribution in [1.82, 2.24) is 0 Å². The van der Waals surface area contributed by atoms with Gasteiger partial charge in [-0.2, -0.15) is 0 Å². The molecule has 0 bridgehead atoms. The van der Waals surface area contributed by atoms with Crippen molar-refractivity contribution >= 4 is 6.47 Å². The molecule has 0 saturated heterocycles. The van der Waals surface area contributed by atoms with E-state index in [2.05, 4.69) is 11.7 Å². The van der Waals surface area contributed by atoms with Crippen LogP contribution in [0.4, 0.5) is 0 Å². The Morgan fingerprint density at radius 1 is 1.56 bits per heavy atom. The minimum absolute atomic E-state index is 0.351. The fraction of sp³-hybridized carbons (Fsp3) is 0.571. The third kappa shape index (κ3) is 7.21. The molecule has 1 radical (unpaired) electrons. The maximum absolute atomic E-state index is 9.46. The van der Waals surface area contributed by atoms with Gasteiger partial charge >= 0.3 is 6.47 Å². The zero-order chi connectivity index (χ0) is 6.95. The van der Waals surface area contributed by atoms with E-state index in [0.717, 1.165) is 12.8 Å². The first-order valence-electron chi connectivity index (χ1n) is 3.05. The van der Waals surface area contributed by atoms with Gasteiger partial charge in [-0.05, 0) is 6.42 Å². The zero-order valence-electron chi connectivity index (χ0n) is 5.59. The molecule has 0 amide bonds. The molecule has 0 fully saturated rings. The molecular formula is C7H11O2. The Morgan fingerprint density at radius 3 is 2.89 bits per heavy atom. The van der Waals surface area contributed by atoms with Gasteiger partial charge in [-0.1, -0.05) is 25.5 Å². The Morgan fingerprint density at radius 2 is 2.33 bits per heavy atom. The summed E-state index contributed by atoms with van der Waals surface area (Å²) < 4.78 is 4.29. The van der Waals surface area contributed by atoms with Gasteiger partial charge in [-0.3, -0.25) is 0 Å². The highest BCUT2D eigenvalue weighted by Gasteiger charge is 1.75. The third-order valence-electron chi connectivity index (χ3n) is 0.860. The monoisotopic (exact) mass is 127 g/mol. The second-order valence-corrected chi connectivity index (χ2v) is 1.65. The summed E-state index contributed by atoms with van der Waals surface area (Å²) in [5.74, 6) is 0. The van der Waals surface area contributed by atoms with Crippen LogP contribution in [-0.4, -0.2) is 13.1 Å². The molecule has 0 spiro atoms. The number of hydrogen-bond acceptors (Lipinski definition) is 2. The minimum atomic E-state index is 0.351. The van der Waals surface area contributed by atoms with Crippen LogP contribution in [0.5, 0.6) is 0 Å². The highest BCUT2D eigenvalue weighted by molar-refractivity contribution is 5.38. The smallest absolute Gasteiger partial charge is 0.417 e. The van der Waals surface area contributed by atoms with E-state index in [1.165, 1.54) is 6.47 Å². The first kappa shape index (κ1) is 8.21. The molecule has 0 heterocycles. The molecule has 2 heteroatoms. The molecule has 0 unspecified atom stereocenters. The van der Waals surface area contributed by atoms with E-state index >= 15 is 0 Å². The normalized spacial score (nSPS) is 9.89. The number of unbranched alkanes of at least 4 members (excludes halogenated alkanes) is 1. The second-order valence-electron chi connectivity index (χ2n) is 1.65. The lowest BCUT2D eigenvalue weighted by molar-refractivity contribution is 0.313. The summed E-state index contributed by atoms with van der Waals surface area (Å²) in [6.07, 6.45) is 5.97. The van der Waals surface area contributed by atoms with Crippen molar-refractivity contribution in [3.63, 3.8) is 0 Å². The van der Waals surface area contributed by atoms with Crippen LogP contribution in [0, 0.1) is 0 Å². The van der Waals surface area contributed by atoms with Crippen molar-refractivity contribution in [2.24, 2.45) is 0 Å². The first-order valence-corrected chi connectivity index (χ1v) is 3.05. The van der Waals surface area contributed by atoms with Crippen molar-refractivity contribution < 1.29 is 9.53 Å². The summed E-state index contributed by atoms with van der Waals surface area (Å²) in [4.78, 5) is 9.46. The number of hydrogen-bond donors (Lipinski definition) is 0. The van der Waals surface area contributed by atoms with Crippen LogP contribution in [0.1, 0.15) is 19.8 Å². The Bertz CT molecular complexity index is 86.9. The van der Waals surface area contributed by atoms with Gasteiger partial charge in [0, 0.05) is 0 Å². The van der Waals surface area contributed by atoms with Gasteiger partial charge in [-0.25, -0.2) is 4.79 Å². The molecular weight excluding hydrogens is 116 g/mol. The molecule has 2 nitrogen and oxygen atoms in total. The molecule has 0 aliphatic heterocycles. The van der Waals surface area contributed by atoms with E-state index in [1.807, 2.05) is 12.2 Å². The van der Waals surface area contributed by atoms with Crippen molar-refractivity contribution in [3.8, 4) is 0 Å². The Hall–Kier alpha value is -0.790. The standard InChI is InChI=1S/C7H11O2/c1-2-3-4-5-6-9-7-8/h4-5H,2-3,6H2,1H3. The third-order valence-corrected chi connectivity index (χ3v) is 0.860. The van der Waals surface area contributed by atoms with Crippen LogP contribution >= 0.6 is 0 Å². The topological polar surface area (TPSA) is 26.3 Å².